The van der Waals surface area contributed by atoms with Crippen LogP contribution in [0.3, 0.4) is 0 Å². The number of benzene rings is 1. The van der Waals surface area contributed by atoms with Gasteiger partial charge in [0.15, 0.2) is 0 Å². The minimum atomic E-state index is -3.86. The Morgan fingerprint density at radius 2 is 2.06 bits per heavy atom. The van der Waals surface area contributed by atoms with Gasteiger partial charge in [-0.05, 0) is 38.0 Å². The summed E-state index contributed by atoms with van der Waals surface area (Å²) in [5.74, 6) is -1.30. The van der Waals surface area contributed by atoms with Crippen molar-refractivity contribution in [2.45, 2.75) is 30.2 Å². The highest BCUT2D eigenvalue weighted by Gasteiger charge is 2.42. The van der Waals surface area contributed by atoms with Gasteiger partial charge in [-0.25, -0.2) is 17.9 Å². The number of hydrogen-bond donors (Lipinski definition) is 3. The van der Waals surface area contributed by atoms with Crippen LogP contribution in [-0.2, 0) is 10.0 Å². The maximum atomic E-state index is 12.1. The largest absolute Gasteiger partial charge is 0.478 e. The van der Waals surface area contributed by atoms with E-state index in [-0.39, 0.29) is 16.1 Å². The van der Waals surface area contributed by atoms with Gasteiger partial charge >= 0.3 is 5.97 Å². The third-order valence-corrected chi connectivity index (χ3v) is 4.58. The molecular weight excluding hydrogens is 256 g/mol. The second kappa shape index (κ2) is 3.96. The number of carbonyl (C=O) groups is 1. The number of carboxylic acid groups (broad SMARTS) is 1. The van der Waals surface area contributed by atoms with E-state index in [1.54, 1.807) is 6.92 Å². The molecule has 1 saturated carbocycles. The average Bonchev–Trinajstić information content (AvgIpc) is 2.94. The number of carboxylic acids is 1. The topological polar surface area (TPSA) is 109 Å². The molecule has 1 fully saturated rings. The first-order chi connectivity index (χ1) is 8.23. The Morgan fingerprint density at radius 1 is 1.44 bits per heavy atom. The molecule has 0 unspecified atom stereocenters. The zero-order valence-electron chi connectivity index (χ0n) is 9.80. The highest BCUT2D eigenvalue weighted by atomic mass is 32.2. The quantitative estimate of drug-likeness (QED) is 0.701. The van der Waals surface area contributed by atoms with E-state index in [0.29, 0.717) is 0 Å². The van der Waals surface area contributed by atoms with Crippen LogP contribution < -0.4 is 10.5 Å². The van der Waals surface area contributed by atoms with Crippen molar-refractivity contribution < 1.29 is 18.3 Å². The van der Waals surface area contributed by atoms with Gasteiger partial charge in [0.2, 0.25) is 10.0 Å². The summed E-state index contributed by atoms with van der Waals surface area (Å²) in [7, 11) is -3.86. The van der Waals surface area contributed by atoms with Gasteiger partial charge in [-0.1, -0.05) is 0 Å². The van der Waals surface area contributed by atoms with Gasteiger partial charge < -0.3 is 10.8 Å². The summed E-state index contributed by atoms with van der Waals surface area (Å²) in [6.45, 7) is 1.78. The number of hydrogen-bond acceptors (Lipinski definition) is 4. The molecule has 0 aliphatic heterocycles. The molecule has 0 saturated heterocycles. The van der Waals surface area contributed by atoms with Gasteiger partial charge in [-0.15, -0.1) is 0 Å². The van der Waals surface area contributed by atoms with E-state index in [1.807, 2.05) is 0 Å². The van der Waals surface area contributed by atoms with Crippen molar-refractivity contribution in [3.8, 4) is 0 Å². The fourth-order valence-corrected chi connectivity index (χ4v) is 3.31. The van der Waals surface area contributed by atoms with Gasteiger partial charge in [0.05, 0.1) is 10.5 Å². The highest BCUT2D eigenvalue weighted by molar-refractivity contribution is 7.89. The lowest BCUT2D eigenvalue weighted by Crippen LogP contribution is -2.35. The third kappa shape index (κ3) is 2.46. The molecule has 6 nitrogen and oxygen atoms in total. The van der Waals surface area contributed by atoms with Crippen molar-refractivity contribution in [3.63, 3.8) is 0 Å². The zero-order chi connectivity index (χ0) is 13.6. The van der Waals surface area contributed by atoms with Gasteiger partial charge in [-0.3, -0.25) is 0 Å². The molecule has 2 rings (SSSR count). The van der Waals surface area contributed by atoms with Gasteiger partial charge in [-0.2, -0.15) is 0 Å². The number of aromatic carboxylic acids is 1. The van der Waals surface area contributed by atoms with Crippen LogP contribution in [0, 0.1) is 0 Å². The van der Waals surface area contributed by atoms with E-state index in [2.05, 4.69) is 4.72 Å². The molecule has 0 radical (unpaired) electrons. The minimum Gasteiger partial charge on any atom is -0.478 e. The monoisotopic (exact) mass is 270 g/mol. The van der Waals surface area contributed by atoms with Crippen LogP contribution in [0.5, 0.6) is 0 Å². The fourth-order valence-electron chi connectivity index (χ4n) is 1.61. The molecule has 4 N–H and O–H groups in total. The van der Waals surface area contributed by atoms with E-state index in [0.717, 1.165) is 18.9 Å². The molecule has 0 aromatic heterocycles. The number of nitrogens with two attached hydrogens (primary N) is 1. The van der Waals surface area contributed by atoms with Crippen LogP contribution in [0.1, 0.15) is 30.1 Å². The Hall–Kier alpha value is -1.60. The number of sulfonamides is 1. The lowest BCUT2D eigenvalue weighted by atomic mass is 10.2. The van der Waals surface area contributed by atoms with Crippen molar-refractivity contribution in [2.24, 2.45) is 0 Å². The molecule has 18 heavy (non-hydrogen) atoms. The SMILES string of the molecule is CC1(NS(=O)(=O)c2cc(N)ccc2C(=O)O)CC1. The Bertz CT molecular complexity index is 605. The van der Waals surface area contributed by atoms with Crippen molar-refractivity contribution >= 4 is 21.7 Å². The second-order valence-corrected chi connectivity index (χ2v) is 6.38. The number of nitrogens with one attached hydrogen (secondary N) is 1. The molecule has 0 spiro atoms. The summed E-state index contributed by atoms with van der Waals surface area (Å²) in [6, 6.07) is 3.72. The van der Waals surface area contributed by atoms with Crippen LogP contribution in [0.4, 0.5) is 5.69 Å². The summed E-state index contributed by atoms with van der Waals surface area (Å²) < 4.78 is 26.8. The maximum absolute atomic E-state index is 12.1. The molecule has 98 valence electrons. The Balaban J connectivity index is 2.48. The maximum Gasteiger partial charge on any atom is 0.337 e. The number of rotatable bonds is 4. The molecule has 0 bridgehead atoms. The first-order valence-electron chi connectivity index (χ1n) is 5.40. The molecule has 1 aliphatic carbocycles. The first-order valence-corrected chi connectivity index (χ1v) is 6.89. The van der Waals surface area contributed by atoms with Crippen LogP contribution >= 0.6 is 0 Å². The fraction of sp³-hybridized carbons (Fsp3) is 0.364. The summed E-state index contributed by atoms with van der Waals surface area (Å²) in [5.41, 5.74) is 4.99. The second-order valence-electron chi connectivity index (χ2n) is 4.73. The van der Waals surface area contributed by atoms with E-state index >= 15 is 0 Å². The van der Waals surface area contributed by atoms with Crippen molar-refractivity contribution in [1.82, 2.24) is 4.72 Å². The van der Waals surface area contributed by atoms with Gasteiger partial charge in [0.1, 0.15) is 0 Å². The van der Waals surface area contributed by atoms with Crippen molar-refractivity contribution in [1.29, 1.82) is 0 Å². The zero-order valence-corrected chi connectivity index (χ0v) is 10.6. The smallest absolute Gasteiger partial charge is 0.337 e. The van der Waals surface area contributed by atoms with Crippen LogP contribution in [0.15, 0.2) is 23.1 Å². The van der Waals surface area contributed by atoms with E-state index in [4.69, 9.17) is 10.8 Å². The number of anilines is 1. The lowest BCUT2D eigenvalue weighted by molar-refractivity contribution is 0.0692. The van der Waals surface area contributed by atoms with E-state index in [1.165, 1.54) is 12.1 Å². The predicted octanol–water partition coefficient (Wildman–Crippen LogP) is 0.798. The summed E-state index contributed by atoms with van der Waals surface area (Å²) >= 11 is 0. The van der Waals surface area contributed by atoms with Crippen molar-refractivity contribution in [3.05, 3.63) is 23.8 Å². The molecule has 1 aromatic carbocycles. The molecule has 1 aromatic rings. The average molecular weight is 270 g/mol. The third-order valence-electron chi connectivity index (χ3n) is 2.91. The number of nitrogen functional groups attached to an aromatic ring is 1. The summed E-state index contributed by atoms with van der Waals surface area (Å²) in [4.78, 5) is 10.7. The predicted molar refractivity (Wildman–Crippen MR) is 65.8 cm³/mol. The minimum absolute atomic E-state index is 0.210. The molecule has 0 atom stereocenters. The Morgan fingerprint density at radius 3 is 2.56 bits per heavy atom. The Kier molecular flexibility index (Phi) is 2.83. The molecule has 0 amide bonds. The molecular formula is C11H14N2O4S. The van der Waals surface area contributed by atoms with Crippen LogP contribution in [0.25, 0.3) is 0 Å². The molecule has 1 aliphatic rings. The normalized spacial score (nSPS) is 17.4. The van der Waals surface area contributed by atoms with Crippen LogP contribution in [0.2, 0.25) is 0 Å². The van der Waals surface area contributed by atoms with Crippen LogP contribution in [-0.4, -0.2) is 25.0 Å². The summed E-state index contributed by atoms with van der Waals surface area (Å²) in [6.07, 6.45) is 1.49. The molecule has 7 heteroatoms. The lowest BCUT2D eigenvalue weighted by Gasteiger charge is -2.14. The standard InChI is InChI=1S/C11H14N2O4S/c1-11(4-5-11)13-18(16,17)9-6-7(12)2-3-8(9)10(14)15/h2-3,6,13H,4-5,12H2,1H3,(H,14,15). The first kappa shape index (κ1) is 12.8. The Labute approximate surface area is 105 Å². The van der Waals surface area contributed by atoms with E-state index < -0.39 is 21.5 Å². The van der Waals surface area contributed by atoms with Gasteiger partial charge in [0.25, 0.3) is 0 Å². The summed E-state index contributed by atoms with van der Waals surface area (Å²) in [5, 5.41) is 9.00. The highest BCUT2D eigenvalue weighted by Crippen LogP contribution is 2.36. The van der Waals surface area contributed by atoms with E-state index in [9.17, 15) is 13.2 Å². The molecule has 0 heterocycles. The van der Waals surface area contributed by atoms with Gasteiger partial charge in [0, 0.05) is 11.2 Å². The van der Waals surface area contributed by atoms with Crippen molar-refractivity contribution in [2.75, 3.05) is 5.73 Å².